The van der Waals surface area contributed by atoms with Crippen LogP contribution in [-0.4, -0.2) is 40.6 Å². The van der Waals surface area contributed by atoms with E-state index in [1.807, 2.05) is 11.5 Å². The zero-order valence-corrected chi connectivity index (χ0v) is 14.0. The molecular formula is C15H18F2N4O2S. The predicted octanol–water partition coefficient (Wildman–Crippen LogP) is 2.14. The fourth-order valence-corrected chi connectivity index (χ4v) is 4.52. The van der Waals surface area contributed by atoms with Crippen LogP contribution in [0.4, 0.5) is 8.78 Å². The monoisotopic (exact) mass is 356 g/mol. The Hall–Kier alpha value is -1.87. The van der Waals surface area contributed by atoms with Crippen LogP contribution in [0.15, 0.2) is 29.4 Å². The summed E-state index contributed by atoms with van der Waals surface area (Å²) >= 11 is 0. The molecule has 3 rings (SSSR count). The second-order valence-electron chi connectivity index (χ2n) is 5.75. The van der Waals surface area contributed by atoms with Crippen molar-refractivity contribution in [1.29, 1.82) is 0 Å². The summed E-state index contributed by atoms with van der Waals surface area (Å²) < 4.78 is 55.0. The Bertz CT molecular complexity index is 809. The second-order valence-corrected chi connectivity index (χ2v) is 7.69. The van der Waals surface area contributed by atoms with Gasteiger partial charge in [0.05, 0.1) is 4.90 Å². The Balaban J connectivity index is 1.76. The van der Waals surface area contributed by atoms with E-state index in [0.29, 0.717) is 18.9 Å². The number of piperidine rings is 1. The van der Waals surface area contributed by atoms with Crippen LogP contribution in [0.25, 0.3) is 0 Å². The smallest absolute Gasteiger partial charge is 0.243 e. The van der Waals surface area contributed by atoms with Crippen LogP contribution in [0.2, 0.25) is 0 Å². The highest BCUT2D eigenvalue weighted by Gasteiger charge is 2.31. The van der Waals surface area contributed by atoms with Crippen molar-refractivity contribution in [3.8, 4) is 0 Å². The molecule has 1 fully saturated rings. The summed E-state index contributed by atoms with van der Waals surface area (Å²) in [6, 6.07) is 2.48. The Labute approximate surface area is 139 Å². The van der Waals surface area contributed by atoms with Gasteiger partial charge in [-0.1, -0.05) is 6.92 Å². The topological polar surface area (TPSA) is 68.1 Å². The van der Waals surface area contributed by atoms with Gasteiger partial charge in [-0.15, -0.1) is 10.2 Å². The third-order valence-corrected chi connectivity index (χ3v) is 6.13. The van der Waals surface area contributed by atoms with Crippen LogP contribution >= 0.6 is 0 Å². The van der Waals surface area contributed by atoms with Crippen molar-refractivity contribution in [2.45, 2.75) is 37.1 Å². The van der Waals surface area contributed by atoms with Crippen LogP contribution < -0.4 is 0 Å². The molecule has 0 aliphatic carbocycles. The van der Waals surface area contributed by atoms with E-state index in [1.165, 1.54) is 4.31 Å². The van der Waals surface area contributed by atoms with E-state index in [4.69, 9.17) is 0 Å². The van der Waals surface area contributed by atoms with Gasteiger partial charge in [0.25, 0.3) is 0 Å². The van der Waals surface area contributed by atoms with Crippen molar-refractivity contribution in [1.82, 2.24) is 19.1 Å². The molecule has 1 aliphatic heterocycles. The number of benzene rings is 1. The Morgan fingerprint density at radius 2 is 1.79 bits per heavy atom. The minimum absolute atomic E-state index is 0.130. The first-order valence-corrected chi connectivity index (χ1v) is 9.20. The van der Waals surface area contributed by atoms with E-state index in [1.54, 1.807) is 6.33 Å². The molecule has 0 N–H and O–H groups in total. The number of nitrogens with zero attached hydrogens (tertiary/aromatic N) is 4. The Kier molecular flexibility index (Phi) is 4.64. The maximum absolute atomic E-state index is 13.3. The largest absolute Gasteiger partial charge is 0.314 e. The standard InChI is InChI=1S/C15H18F2N4O2S/c1-2-15-19-18-10-21(15)13-3-5-20(6-4-13)24(22,23)14-8-11(16)7-12(17)9-14/h7-10,13H,2-6H2,1H3. The molecule has 9 heteroatoms. The number of hydrogen-bond acceptors (Lipinski definition) is 4. The van der Waals surface area contributed by atoms with Crippen molar-refractivity contribution in [2.75, 3.05) is 13.1 Å². The Morgan fingerprint density at radius 1 is 1.17 bits per heavy atom. The Morgan fingerprint density at radius 3 is 2.38 bits per heavy atom. The molecule has 0 unspecified atom stereocenters. The molecule has 0 bridgehead atoms. The van der Waals surface area contributed by atoms with Gasteiger partial charge in [-0.05, 0) is 25.0 Å². The van der Waals surface area contributed by atoms with Crippen molar-refractivity contribution in [3.63, 3.8) is 0 Å². The number of aromatic nitrogens is 3. The van der Waals surface area contributed by atoms with Crippen LogP contribution in [0.3, 0.4) is 0 Å². The molecule has 1 aromatic carbocycles. The van der Waals surface area contributed by atoms with Crippen LogP contribution in [-0.2, 0) is 16.4 Å². The SMILES string of the molecule is CCc1nncn1C1CCN(S(=O)(=O)c2cc(F)cc(F)c2)CC1. The lowest BCUT2D eigenvalue weighted by Crippen LogP contribution is -2.39. The summed E-state index contributed by atoms with van der Waals surface area (Å²) in [4.78, 5) is -0.350. The lowest BCUT2D eigenvalue weighted by atomic mass is 10.1. The first kappa shape index (κ1) is 17.0. The van der Waals surface area contributed by atoms with E-state index < -0.39 is 21.7 Å². The van der Waals surface area contributed by atoms with Gasteiger partial charge in [0.15, 0.2) is 0 Å². The van der Waals surface area contributed by atoms with E-state index >= 15 is 0 Å². The quantitative estimate of drug-likeness (QED) is 0.842. The zero-order valence-electron chi connectivity index (χ0n) is 13.2. The third-order valence-electron chi connectivity index (χ3n) is 4.25. The molecule has 24 heavy (non-hydrogen) atoms. The van der Waals surface area contributed by atoms with Crippen molar-refractivity contribution in [2.24, 2.45) is 0 Å². The highest BCUT2D eigenvalue weighted by atomic mass is 32.2. The third kappa shape index (κ3) is 3.18. The molecule has 2 heterocycles. The van der Waals surface area contributed by atoms with Gasteiger partial charge in [-0.25, -0.2) is 17.2 Å². The molecule has 0 radical (unpaired) electrons. The van der Waals surface area contributed by atoms with Crippen LogP contribution in [0.1, 0.15) is 31.6 Å². The number of aryl methyl sites for hydroxylation is 1. The van der Waals surface area contributed by atoms with Gasteiger partial charge in [0.1, 0.15) is 23.8 Å². The number of halogens is 2. The fraction of sp³-hybridized carbons (Fsp3) is 0.467. The molecule has 1 saturated heterocycles. The first-order chi connectivity index (χ1) is 11.4. The first-order valence-electron chi connectivity index (χ1n) is 7.76. The lowest BCUT2D eigenvalue weighted by Gasteiger charge is -2.32. The molecule has 0 saturated carbocycles. The van der Waals surface area contributed by atoms with Gasteiger partial charge in [0, 0.05) is 31.6 Å². The van der Waals surface area contributed by atoms with E-state index in [-0.39, 0.29) is 24.0 Å². The normalized spacial score (nSPS) is 17.3. The van der Waals surface area contributed by atoms with Crippen molar-refractivity contribution >= 4 is 10.0 Å². The molecule has 0 amide bonds. The lowest BCUT2D eigenvalue weighted by molar-refractivity contribution is 0.270. The summed E-state index contributed by atoms with van der Waals surface area (Å²) in [5.41, 5.74) is 0. The molecule has 0 spiro atoms. The van der Waals surface area contributed by atoms with Gasteiger partial charge < -0.3 is 4.57 Å². The second kappa shape index (κ2) is 6.56. The van der Waals surface area contributed by atoms with Crippen molar-refractivity contribution < 1.29 is 17.2 Å². The van der Waals surface area contributed by atoms with Crippen LogP contribution in [0, 0.1) is 11.6 Å². The number of sulfonamides is 1. The highest BCUT2D eigenvalue weighted by molar-refractivity contribution is 7.89. The maximum atomic E-state index is 13.3. The molecule has 0 atom stereocenters. The van der Waals surface area contributed by atoms with Crippen LogP contribution in [0.5, 0.6) is 0 Å². The van der Waals surface area contributed by atoms with E-state index in [2.05, 4.69) is 10.2 Å². The molecule has 1 aromatic heterocycles. The highest BCUT2D eigenvalue weighted by Crippen LogP contribution is 2.28. The van der Waals surface area contributed by atoms with Gasteiger partial charge in [0.2, 0.25) is 10.0 Å². The molecular weight excluding hydrogens is 338 g/mol. The molecule has 6 nitrogen and oxygen atoms in total. The minimum Gasteiger partial charge on any atom is -0.314 e. The maximum Gasteiger partial charge on any atom is 0.243 e. The average Bonchev–Trinajstić information content (AvgIpc) is 3.02. The molecule has 1 aliphatic rings. The van der Waals surface area contributed by atoms with Gasteiger partial charge >= 0.3 is 0 Å². The minimum atomic E-state index is -3.90. The van der Waals surface area contributed by atoms with E-state index in [9.17, 15) is 17.2 Å². The summed E-state index contributed by atoms with van der Waals surface area (Å²) in [5.74, 6) is -0.940. The zero-order chi connectivity index (χ0) is 17.3. The van der Waals surface area contributed by atoms with E-state index in [0.717, 1.165) is 24.4 Å². The molecule has 2 aromatic rings. The molecule has 130 valence electrons. The van der Waals surface area contributed by atoms with Gasteiger partial charge in [-0.3, -0.25) is 0 Å². The summed E-state index contributed by atoms with van der Waals surface area (Å²) in [5, 5.41) is 7.94. The predicted molar refractivity (Wildman–Crippen MR) is 82.8 cm³/mol. The number of rotatable bonds is 4. The van der Waals surface area contributed by atoms with Crippen molar-refractivity contribution in [3.05, 3.63) is 42.0 Å². The summed E-state index contributed by atoms with van der Waals surface area (Å²) in [6.07, 6.45) is 3.61. The summed E-state index contributed by atoms with van der Waals surface area (Å²) in [6.45, 7) is 2.55. The summed E-state index contributed by atoms with van der Waals surface area (Å²) in [7, 11) is -3.90. The van der Waals surface area contributed by atoms with Gasteiger partial charge in [-0.2, -0.15) is 4.31 Å². The number of hydrogen-bond donors (Lipinski definition) is 0. The fourth-order valence-electron chi connectivity index (χ4n) is 3.01. The average molecular weight is 356 g/mol.